The van der Waals surface area contributed by atoms with Crippen molar-refractivity contribution in [1.82, 2.24) is 5.43 Å². The number of hydrogen-bond acceptors (Lipinski definition) is 7. The predicted octanol–water partition coefficient (Wildman–Crippen LogP) is 4.87. The molecule has 0 atom stereocenters. The number of carbonyl (C=O) groups is 2. The highest BCUT2D eigenvalue weighted by atomic mass is 16.6. The minimum atomic E-state index is -0.521. The van der Waals surface area contributed by atoms with E-state index in [1.165, 1.54) is 13.3 Å². The van der Waals surface area contributed by atoms with E-state index in [0.717, 1.165) is 6.42 Å². The van der Waals surface area contributed by atoms with Gasteiger partial charge in [-0.3, -0.25) is 4.79 Å². The maximum absolute atomic E-state index is 12.5. The first-order chi connectivity index (χ1) is 17.0. The largest absolute Gasteiger partial charge is 0.494 e. The standard InChI is InChI=1S/C27H28N2O6/c1-4-16-34-21-13-11-20(12-14-21)27(31)35-24-15-10-19(17-25(24)32-3)18-28-29-26(30)22-8-6-7-9-23(22)33-5-2/h6-15,17-18H,4-5,16H2,1-3H3,(H,29,30). The SMILES string of the molecule is CCCOc1ccc(C(=O)Oc2ccc(C=NNC(=O)c3ccccc3OCC)cc2OC)cc1. The Labute approximate surface area is 204 Å². The molecule has 0 aromatic heterocycles. The summed E-state index contributed by atoms with van der Waals surface area (Å²) in [6.07, 6.45) is 2.36. The Morgan fingerprint density at radius 1 is 0.914 bits per heavy atom. The smallest absolute Gasteiger partial charge is 0.343 e. The van der Waals surface area contributed by atoms with Crippen LogP contribution in [0.4, 0.5) is 0 Å². The summed E-state index contributed by atoms with van der Waals surface area (Å²) >= 11 is 0. The fourth-order valence-electron chi connectivity index (χ4n) is 3.08. The van der Waals surface area contributed by atoms with Crippen LogP contribution >= 0.6 is 0 Å². The molecule has 0 saturated carbocycles. The molecule has 0 aliphatic rings. The number of benzene rings is 3. The quantitative estimate of drug-likeness (QED) is 0.184. The van der Waals surface area contributed by atoms with Gasteiger partial charge in [0.2, 0.25) is 0 Å². The first kappa shape index (κ1) is 25.3. The van der Waals surface area contributed by atoms with Crippen LogP contribution in [-0.4, -0.2) is 38.4 Å². The topological polar surface area (TPSA) is 95.5 Å². The van der Waals surface area contributed by atoms with Crippen molar-refractivity contribution in [2.45, 2.75) is 20.3 Å². The molecule has 1 amide bonds. The summed E-state index contributed by atoms with van der Waals surface area (Å²) in [5.41, 5.74) is 3.89. The van der Waals surface area contributed by atoms with Crippen LogP contribution in [0.3, 0.4) is 0 Å². The van der Waals surface area contributed by atoms with E-state index in [0.29, 0.717) is 47.2 Å². The summed E-state index contributed by atoms with van der Waals surface area (Å²) < 4.78 is 21.9. The second-order valence-corrected chi connectivity index (χ2v) is 7.30. The molecule has 182 valence electrons. The van der Waals surface area contributed by atoms with Gasteiger partial charge in [0.25, 0.3) is 5.91 Å². The summed E-state index contributed by atoms with van der Waals surface area (Å²) in [5, 5.41) is 4.01. The number of ether oxygens (including phenoxy) is 4. The summed E-state index contributed by atoms with van der Waals surface area (Å²) in [4.78, 5) is 25.0. The lowest BCUT2D eigenvalue weighted by atomic mass is 10.2. The number of carbonyl (C=O) groups excluding carboxylic acids is 2. The predicted molar refractivity (Wildman–Crippen MR) is 133 cm³/mol. The third kappa shape index (κ3) is 7.07. The van der Waals surface area contributed by atoms with Crippen molar-refractivity contribution in [3.63, 3.8) is 0 Å². The number of hydrogen-bond donors (Lipinski definition) is 1. The fraction of sp³-hybridized carbons (Fsp3) is 0.222. The van der Waals surface area contributed by atoms with Gasteiger partial charge in [0.05, 0.1) is 37.7 Å². The minimum absolute atomic E-state index is 0.260. The zero-order valence-corrected chi connectivity index (χ0v) is 19.9. The number of para-hydroxylation sites is 1. The molecule has 0 spiro atoms. The van der Waals surface area contributed by atoms with Gasteiger partial charge in [-0.05, 0) is 73.5 Å². The maximum Gasteiger partial charge on any atom is 0.343 e. The summed E-state index contributed by atoms with van der Waals surface area (Å²) in [7, 11) is 1.47. The van der Waals surface area contributed by atoms with Gasteiger partial charge in [-0.2, -0.15) is 5.10 Å². The number of hydrazone groups is 1. The van der Waals surface area contributed by atoms with Gasteiger partial charge in [-0.1, -0.05) is 19.1 Å². The highest BCUT2D eigenvalue weighted by Gasteiger charge is 2.14. The van der Waals surface area contributed by atoms with Crippen LogP contribution in [0.15, 0.2) is 71.8 Å². The van der Waals surface area contributed by atoms with Gasteiger partial charge in [0, 0.05) is 0 Å². The van der Waals surface area contributed by atoms with Gasteiger partial charge in [0.15, 0.2) is 11.5 Å². The van der Waals surface area contributed by atoms with E-state index in [1.54, 1.807) is 66.7 Å². The second-order valence-electron chi connectivity index (χ2n) is 7.30. The first-order valence-corrected chi connectivity index (χ1v) is 11.2. The molecule has 8 heteroatoms. The molecule has 35 heavy (non-hydrogen) atoms. The van der Waals surface area contributed by atoms with Gasteiger partial charge in [-0.25, -0.2) is 10.2 Å². The van der Waals surface area contributed by atoms with E-state index in [-0.39, 0.29) is 5.75 Å². The van der Waals surface area contributed by atoms with Crippen molar-refractivity contribution in [2.24, 2.45) is 5.10 Å². The van der Waals surface area contributed by atoms with E-state index in [4.69, 9.17) is 18.9 Å². The van der Waals surface area contributed by atoms with Crippen molar-refractivity contribution in [3.05, 3.63) is 83.4 Å². The molecule has 0 radical (unpaired) electrons. The highest BCUT2D eigenvalue weighted by Crippen LogP contribution is 2.28. The molecule has 0 aliphatic carbocycles. The lowest BCUT2D eigenvalue weighted by Crippen LogP contribution is -2.18. The monoisotopic (exact) mass is 476 g/mol. The van der Waals surface area contributed by atoms with Crippen molar-refractivity contribution in [1.29, 1.82) is 0 Å². The fourth-order valence-corrected chi connectivity index (χ4v) is 3.08. The van der Waals surface area contributed by atoms with Crippen molar-refractivity contribution >= 4 is 18.1 Å². The van der Waals surface area contributed by atoms with Crippen LogP contribution in [0.2, 0.25) is 0 Å². The molecule has 3 aromatic carbocycles. The van der Waals surface area contributed by atoms with Crippen LogP contribution in [0.5, 0.6) is 23.0 Å². The van der Waals surface area contributed by atoms with Crippen LogP contribution in [0, 0.1) is 0 Å². The molecule has 0 fully saturated rings. The maximum atomic E-state index is 12.5. The number of esters is 1. The van der Waals surface area contributed by atoms with Gasteiger partial charge in [0.1, 0.15) is 11.5 Å². The summed E-state index contributed by atoms with van der Waals surface area (Å²) in [6, 6.07) is 18.6. The van der Waals surface area contributed by atoms with Crippen molar-refractivity contribution < 1.29 is 28.5 Å². The van der Waals surface area contributed by atoms with Crippen molar-refractivity contribution in [3.8, 4) is 23.0 Å². The third-order valence-corrected chi connectivity index (χ3v) is 4.76. The molecule has 0 heterocycles. The molecule has 8 nitrogen and oxygen atoms in total. The molecule has 0 bridgehead atoms. The molecule has 0 aliphatic heterocycles. The Morgan fingerprint density at radius 3 is 2.40 bits per heavy atom. The number of methoxy groups -OCH3 is 1. The average molecular weight is 477 g/mol. The normalized spacial score (nSPS) is 10.6. The Hall–Kier alpha value is -4.33. The number of nitrogens with one attached hydrogen (secondary N) is 1. The van der Waals surface area contributed by atoms with E-state index >= 15 is 0 Å². The minimum Gasteiger partial charge on any atom is -0.494 e. The van der Waals surface area contributed by atoms with E-state index in [2.05, 4.69) is 10.5 Å². The number of rotatable bonds is 11. The average Bonchev–Trinajstić information content (AvgIpc) is 2.89. The molecule has 1 N–H and O–H groups in total. The van der Waals surface area contributed by atoms with Crippen LogP contribution in [-0.2, 0) is 0 Å². The van der Waals surface area contributed by atoms with Crippen molar-refractivity contribution in [2.75, 3.05) is 20.3 Å². The Kier molecular flexibility index (Phi) is 9.24. The zero-order valence-electron chi connectivity index (χ0n) is 19.9. The molecule has 0 unspecified atom stereocenters. The lowest BCUT2D eigenvalue weighted by Gasteiger charge is -2.10. The molecule has 3 rings (SSSR count). The Morgan fingerprint density at radius 2 is 1.69 bits per heavy atom. The van der Waals surface area contributed by atoms with Crippen LogP contribution in [0.1, 0.15) is 46.5 Å². The van der Waals surface area contributed by atoms with E-state index < -0.39 is 11.9 Å². The molecular weight excluding hydrogens is 448 g/mol. The first-order valence-electron chi connectivity index (χ1n) is 11.2. The van der Waals surface area contributed by atoms with Gasteiger partial charge < -0.3 is 18.9 Å². The molecular formula is C27H28N2O6. The molecule has 0 saturated heterocycles. The van der Waals surface area contributed by atoms with Crippen LogP contribution in [0.25, 0.3) is 0 Å². The molecule has 3 aromatic rings. The van der Waals surface area contributed by atoms with Gasteiger partial charge >= 0.3 is 5.97 Å². The number of amides is 1. The van der Waals surface area contributed by atoms with E-state index in [1.807, 2.05) is 13.8 Å². The zero-order chi connectivity index (χ0) is 25.0. The summed E-state index contributed by atoms with van der Waals surface area (Å²) in [6.45, 7) is 4.93. The Balaban J connectivity index is 1.64. The van der Waals surface area contributed by atoms with Crippen LogP contribution < -0.4 is 24.4 Å². The highest BCUT2D eigenvalue weighted by molar-refractivity contribution is 5.97. The third-order valence-electron chi connectivity index (χ3n) is 4.76. The second kappa shape index (κ2) is 12.8. The Bertz CT molecular complexity index is 1170. The van der Waals surface area contributed by atoms with Gasteiger partial charge in [-0.15, -0.1) is 0 Å². The lowest BCUT2D eigenvalue weighted by molar-refractivity contribution is 0.0729. The number of nitrogens with zero attached hydrogens (tertiary/aromatic N) is 1. The van der Waals surface area contributed by atoms with E-state index in [9.17, 15) is 9.59 Å². The summed E-state index contributed by atoms with van der Waals surface area (Å²) in [5.74, 6) is 0.867.